The first-order chi connectivity index (χ1) is 9.74. The second kappa shape index (κ2) is 5.49. The molecule has 20 heavy (non-hydrogen) atoms. The summed E-state index contributed by atoms with van der Waals surface area (Å²) in [6, 6.07) is 9.85. The van der Waals surface area contributed by atoms with Crippen LogP contribution in [0.25, 0.3) is 0 Å². The Morgan fingerprint density at radius 2 is 2.20 bits per heavy atom. The average molecular weight is 270 g/mol. The minimum Gasteiger partial charge on any atom is -0.360 e. The van der Waals surface area contributed by atoms with Crippen LogP contribution < -0.4 is 5.32 Å². The number of hydrogen-bond acceptors (Lipinski definition) is 3. The summed E-state index contributed by atoms with van der Waals surface area (Å²) in [5.74, 6) is 1.32. The molecule has 0 saturated carbocycles. The Hall–Kier alpha value is -2.10. The van der Waals surface area contributed by atoms with Crippen molar-refractivity contribution in [2.45, 2.75) is 32.7 Å². The Morgan fingerprint density at radius 1 is 1.40 bits per heavy atom. The lowest BCUT2D eigenvalue weighted by molar-refractivity contribution is 0.0941. The molecule has 1 N–H and O–H groups in total. The quantitative estimate of drug-likeness (QED) is 0.933. The maximum absolute atomic E-state index is 12.2. The summed E-state index contributed by atoms with van der Waals surface area (Å²) in [4.78, 5) is 12.2. The van der Waals surface area contributed by atoms with Crippen LogP contribution in [0.2, 0.25) is 0 Å². The fourth-order valence-corrected chi connectivity index (χ4v) is 2.62. The van der Waals surface area contributed by atoms with Gasteiger partial charge in [-0.25, -0.2) is 0 Å². The number of nitrogens with zero attached hydrogens (tertiary/aromatic N) is 1. The molecule has 0 bridgehead atoms. The van der Waals surface area contributed by atoms with E-state index in [1.54, 1.807) is 0 Å². The molecule has 1 unspecified atom stereocenters. The van der Waals surface area contributed by atoms with Crippen molar-refractivity contribution in [3.05, 3.63) is 52.9 Å². The standard InChI is InChI=1S/C16H18N2O2/c1-11-7-8-14-13(9-11)15(18-20-14)16(19)17-10-12-5-3-2-4-6-12/h2-6,11H,7-10H2,1H3,(H,17,19). The molecule has 1 heterocycles. The van der Waals surface area contributed by atoms with E-state index in [0.717, 1.165) is 36.1 Å². The van der Waals surface area contributed by atoms with Crippen molar-refractivity contribution in [3.8, 4) is 0 Å². The van der Waals surface area contributed by atoms with E-state index < -0.39 is 0 Å². The number of aryl methyl sites for hydroxylation is 1. The Bertz CT molecular complexity index is 604. The van der Waals surface area contributed by atoms with E-state index in [0.29, 0.717) is 18.2 Å². The second-order valence-corrected chi connectivity index (χ2v) is 5.45. The van der Waals surface area contributed by atoms with Crippen LogP contribution in [0.1, 0.15) is 40.7 Å². The predicted octanol–water partition coefficient (Wildman–Crippen LogP) is 2.73. The number of carbonyl (C=O) groups excluding carboxylic acids is 1. The maximum Gasteiger partial charge on any atom is 0.274 e. The molecule has 1 aromatic heterocycles. The van der Waals surface area contributed by atoms with Crippen LogP contribution in [0.3, 0.4) is 0 Å². The van der Waals surface area contributed by atoms with Gasteiger partial charge in [0.25, 0.3) is 5.91 Å². The lowest BCUT2D eigenvalue weighted by Gasteiger charge is -2.16. The number of aromatic nitrogens is 1. The van der Waals surface area contributed by atoms with Crippen LogP contribution in [0.4, 0.5) is 0 Å². The second-order valence-electron chi connectivity index (χ2n) is 5.45. The topological polar surface area (TPSA) is 55.1 Å². The summed E-state index contributed by atoms with van der Waals surface area (Å²) in [6.07, 6.45) is 2.87. The molecule has 1 aromatic carbocycles. The molecule has 0 fully saturated rings. The molecule has 2 aromatic rings. The van der Waals surface area contributed by atoms with Crippen molar-refractivity contribution in [2.24, 2.45) is 5.92 Å². The molecule has 1 atom stereocenters. The lowest BCUT2D eigenvalue weighted by Crippen LogP contribution is -2.25. The molecule has 1 aliphatic rings. The first kappa shape index (κ1) is 12.9. The van der Waals surface area contributed by atoms with Crippen LogP contribution in [-0.2, 0) is 19.4 Å². The van der Waals surface area contributed by atoms with Gasteiger partial charge in [-0.05, 0) is 24.3 Å². The molecule has 1 amide bonds. The summed E-state index contributed by atoms with van der Waals surface area (Å²) in [5.41, 5.74) is 2.53. The highest BCUT2D eigenvalue weighted by atomic mass is 16.5. The molecular formula is C16H18N2O2. The number of benzene rings is 1. The maximum atomic E-state index is 12.2. The van der Waals surface area contributed by atoms with Crippen LogP contribution in [-0.4, -0.2) is 11.1 Å². The zero-order valence-electron chi connectivity index (χ0n) is 11.6. The molecule has 0 saturated heterocycles. The smallest absolute Gasteiger partial charge is 0.274 e. The monoisotopic (exact) mass is 270 g/mol. The minimum absolute atomic E-state index is 0.145. The number of nitrogens with one attached hydrogen (secondary N) is 1. The number of rotatable bonds is 3. The van der Waals surface area contributed by atoms with Gasteiger partial charge in [0.15, 0.2) is 5.69 Å². The highest BCUT2D eigenvalue weighted by Crippen LogP contribution is 2.27. The van der Waals surface area contributed by atoms with Crippen LogP contribution in [0.5, 0.6) is 0 Å². The molecule has 4 heteroatoms. The van der Waals surface area contributed by atoms with Gasteiger partial charge in [-0.3, -0.25) is 4.79 Å². The van der Waals surface area contributed by atoms with E-state index in [1.165, 1.54) is 0 Å². The number of fused-ring (bicyclic) bond motifs is 1. The predicted molar refractivity (Wildman–Crippen MR) is 75.3 cm³/mol. The van der Waals surface area contributed by atoms with E-state index in [-0.39, 0.29) is 5.91 Å². The summed E-state index contributed by atoms with van der Waals surface area (Å²) >= 11 is 0. The van der Waals surface area contributed by atoms with Gasteiger partial charge < -0.3 is 9.84 Å². The molecule has 0 radical (unpaired) electrons. The van der Waals surface area contributed by atoms with Crippen molar-refractivity contribution >= 4 is 5.91 Å². The molecular weight excluding hydrogens is 252 g/mol. The fraction of sp³-hybridized carbons (Fsp3) is 0.375. The van der Waals surface area contributed by atoms with Crippen molar-refractivity contribution in [3.63, 3.8) is 0 Å². The van der Waals surface area contributed by atoms with E-state index in [4.69, 9.17) is 4.52 Å². The summed E-state index contributed by atoms with van der Waals surface area (Å²) in [5, 5.41) is 6.86. The zero-order chi connectivity index (χ0) is 13.9. The van der Waals surface area contributed by atoms with Crippen molar-refractivity contribution in [2.75, 3.05) is 0 Å². The molecule has 3 rings (SSSR count). The first-order valence-electron chi connectivity index (χ1n) is 7.03. The van der Waals surface area contributed by atoms with Gasteiger partial charge in [0.05, 0.1) is 0 Å². The van der Waals surface area contributed by atoms with Gasteiger partial charge in [-0.1, -0.05) is 42.4 Å². The number of amides is 1. The van der Waals surface area contributed by atoms with E-state index >= 15 is 0 Å². The Kier molecular flexibility index (Phi) is 3.54. The van der Waals surface area contributed by atoms with Crippen LogP contribution in [0.15, 0.2) is 34.9 Å². The van der Waals surface area contributed by atoms with Crippen LogP contribution >= 0.6 is 0 Å². The molecule has 0 spiro atoms. The molecule has 1 aliphatic carbocycles. The number of hydrogen-bond donors (Lipinski definition) is 1. The summed E-state index contributed by atoms with van der Waals surface area (Å²) < 4.78 is 5.30. The average Bonchev–Trinajstić information content (AvgIpc) is 2.89. The first-order valence-corrected chi connectivity index (χ1v) is 7.03. The van der Waals surface area contributed by atoms with Gasteiger partial charge in [-0.2, -0.15) is 0 Å². The lowest BCUT2D eigenvalue weighted by atomic mass is 9.88. The summed E-state index contributed by atoms with van der Waals surface area (Å²) in [6.45, 7) is 2.71. The SMILES string of the molecule is CC1CCc2onc(C(=O)NCc3ccccc3)c2C1. The van der Waals surface area contributed by atoms with Crippen molar-refractivity contribution in [1.29, 1.82) is 0 Å². The van der Waals surface area contributed by atoms with Crippen LogP contribution in [0, 0.1) is 5.92 Å². The summed E-state index contributed by atoms with van der Waals surface area (Å²) in [7, 11) is 0. The Balaban J connectivity index is 1.70. The molecule has 4 nitrogen and oxygen atoms in total. The van der Waals surface area contributed by atoms with Crippen molar-refractivity contribution < 1.29 is 9.32 Å². The fourth-order valence-electron chi connectivity index (χ4n) is 2.62. The zero-order valence-corrected chi connectivity index (χ0v) is 11.6. The highest BCUT2D eigenvalue weighted by Gasteiger charge is 2.26. The third-order valence-electron chi connectivity index (χ3n) is 3.80. The Labute approximate surface area is 118 Å². The normalized spacial score (nSPS) is 17.6. The Morgan fingerprint density at radius 3 is 3.00 bits per heavy atom. The highest BCUT2D eigenvalue weighted by molar-refractivity contribution is 5.93. The molecule has 104 valence electrons. The third kappa shape index (κ3) is 2.59. The van der Waals surface area contributed by atoms with Gasteiger partial charge in [0, 0.05) is 18.5 Å². The van der Waals surface area contributed by atoms with Gasteiger partial charge in [-0.15, -0.1) is 0 Å². The van der Waals surface area contributed by atoms with Crippen molar-refractivity contribution in [1.82, 2.24) is 10.5 Å². The van der Waals surface area contributed by atoms with Gasteiger partial charge in [0.2, 0.25) is 0 Å². The molecule has 0 aliphatic heterocycles. The van der Waals surface area contributed by atoms with E-state index in [2.05, 4.69) is 17.4 Å². The van der Waals surface area contributed by atoms with E-state index in [1.807, 2.05) is 30.3 Å². The van der Waals surface area contributed by atoms with Gasteiger partial charge in [0.1, 0.15) is 5.76 Å². The number of carbonyl (C=O) groups is 1. The minimum atomic E-state index is -0.145. The largest absolute Gasteiger partial charge is 0.360 e. The third-order valence-corrected chi connectivity index (χ3v) is 3.80. The van der Waals surface area contributed by atoms with E-state index in [9.17, 15) is 4.79 Å². The van der Waals surface area contributed by atoms with Gasteiger partial charge >= 0.3 is 0 Å².